The summed E-state index contributed by atoms with van der Waals surface area (Å²) in [6.45, 7) is 3.34. The minimum atomic E-state index is 0.140. The van der Waals surface area contributed by atoms with Gasteiger partial charge in [0.05, 0.1) is 12.8 Å². The standard InChI is InChI=1S/C18H21NO4/c1-2-3-6-18(20)19(12-15-5-4-9-21-15)11-14-7-8-16-17(10-14)23-13-22-16/h4-5,7-10H,2-3,6,11-13H2,1H3. The largest absolute Gasteiger partial charge is 0.467 e. The summed E-state index contributed by atoms with van der Waals surface area (Å²) >= 11 is 0. The Morgan fingerprint density at radius 3 is 2.83 bits per heavy atom. The molecule has 23 heavy (non-hydrogen) atoms. The number of hydrogen-bond acceptors (Lipinski definition) is 4. The fourth-order valence-electron chi connectivity index (χ4n) is 2.57. The van der Waals surface area contributed by atoms with E-state index < -0.39 is 0 Å². The van der Waals surface area contributed by atoms with E-state index in [1.165, 1.54) is 0 Å². The molecule has 0 atom stereocenters. The topological polar surface area (TPSA) is 51.9 Å². The first-order valence-electron chi connectivity index (χ1n) is 7.95. The number of hydrogen-bond donors (Lipinski definition) is 0. The van der Waals surface area contributed by atoms with E-state index in [1.807, 2.05) is 35.2 Å². The zero-order valence-electron chi connectivity index (χ0n) is 13.3. The van der Waals surface area contributed by atoms with Crippen LogP contribution in [0.5, 0.6) is 11.5 Å². The molecule has 2 heterocycles. The van der Waals surface area contributed by atoms with Crippen LogP contribution in [0.3, 0.4) is 0 Å². The lowest BCUT2D eigenvalue weighted by molar-refractivity contribution is -0.132. The van der Waals surface area contributed by atoms with Gasteiger partial charge < -0.3 is 18.8 Å². The lowest BCUT2D eigenvalue weighted by Crippen LogP contribution is -2.29. The van der Waals surface area contributed by atoms with Crippen LogP contribution in [-0.2, 0) is 17.9 Å². The number of amides is 1. The van der Waals surface area contributed by atoms with Crippen molar-refractivity contribution < 1.29 is 18.7 Å². The average Bonchev–Trinajstić information content (AvgIpc) is 3.22. The predicted octanol–water partition coefficient (Wildman–Crippen LogP) is 3.73. The Morgan fingerprint density at radius 1 is 1.17 bits per heavy atom. The molecule has 0 bridgehead atoms. The van der Waals surface area contributed by atoms with E-state index in [1.54, 1.807) is 6.26 Å². The van der Waals surface area contributed by atoms with Gasteiger partial charge in [0.25, 0.3) is 0 Å². The molecule has 0 aliphatic carbocycles. The maximum absolute atomic E-state index is 12.5. The van der Waals surface area contributed by atoms with Crippen molar-refractivity contribution in [3.63, 3.8) is 0 Å². The molecule has 0 saturated carbocycles. The molecule has 2 aromatic rings. The van der Waals surface area contributed by atoms with Crippen molar-refractivity contribution in [2.45, 2.75) is 39.3 Å². The second-order valence-electron chi connectivity index (χ2n) is 5.62. The van der Waals surface area contributed by atoms with Gasteiger partial charge in [-0.2, -0.15) is 0 Å². The molecule has 3 rings (SSSR count). The minimum absolute atomic E-state index is 0.140. The maximum atomic E-state index is 12.5. The van der Waals surface area contributed by atoms with E-state index in [9.17, 15) is 4.79 Å². The monoisotopic (exact) mass is 315 g/mol. The summed E-state index contributed by atoms with van der Waals surface area (Å²) in [5.41, 5.74) is 1.02. The molecule has 1 aliphatic heterocycles. The van der Waals surface area contributed by atoms with Crippen LogP contribution in [0.4, 0.5) is 0 Å². The number of carbonyl (C=O) groups is 1. The van der Waals surface area contributed by atoms with Crippen LogP contribution in [0.25, 0.3) is 0 Å². The molecule has 5 heteroatoms. The molecular weight excluding hydrogens is 294 g/mol. The molecule has 0 radical (unpaired) electrons. The van der Waals surface area contributed by atoms with E-state index in [0.717, 1.165) is 35.7 Å². The third kappa shape index (κ3) is 3.86. The lowest BCUT2D eigenvalue weighted by Gasteiger charge is -2.22. The van der Waals surface area contributed by atoms with E-state index >= 15 is 0 Å². The highest BCUT2D eigenvalue weighted by Gasteiger charge is 2.18. The summed E-state index contributed by atoms with van der Waals surface area (Å²) in [4.78, 5) is 14.3. The highest BCUT2D eigenvalue weighted by Crippen LogP contribution is 2.33. The predicted molar refractivity (Wildman–Crippen MR) is 85.1 cm³/mol. The first-order valence-corrected chi connectivity index (χ1v) is 7.95. The number of rotatable bonds is 7. The molecule has 0 N–H and O–H groups in total. The average molecular weight is 315 g/mol. The van der Waals surface area contributed by atoms with E-state index in [2.05, 4.69) is 6.92 Å². The number of benzene rings is 1. The molecule has 122 valence electrons. The minimum Gasteiger partial charge on any atom is -0.467 e. The van der Waals surface area contributed by atoms with Crippen molar-refractivity contribution in [3.05, 3.63) is 47.9 Å². The number of carbonyl (C=O) groups excluding carboxylic acids is 1. The highest BCUT2D eigenvalue weighted by atomic mass is 16.7. The summed E-state index contributed by atoms with van der Waals surface area (Å²) in [6, 6.07) is 9.52. The van der Waals surface area contributed by atoms with Crippen molar-refractivity contribution in [2.24, 2.45) is 0 Å². The summed E-state index contributed by atoms with van der Waals surface area (Å²) in [5, 5.41) is 0. The van der Waals surface area contributed by atoms with Crippen LogP contribution in [0, 0.1) is 0 Å². The van der Waals surface area contributed by atoms with Gasteiger partial charge in [-0.15, -0.1) is 0 Å². The van der Waals surface area contributed by atoms with Gasteiger partial charge in [0.2, 0.25) is 12.7 Å². The molecule has 5 nitrogen and oxygen atoms in total. The summed E-state index contributed by atoms with van der Waals surface area (Å²) in [5.74, 6) is 2.42. The van der Waals surface area contributed by atoms with Gasteiger partial charge in [-0.1, -0.05) is 19.4 Å². The number of ether oxygens (including phenoxy) is 2. The van der Waals surface area contributed by atoms with Crippen molar-refractivity contribution in [1.29, 1.82) is 0 Å². The van der Waals surface area contributed by atoms with Crippen LogP contribution < -0.4 is 9.47 Å². The fraction of sp³-hybridized carbons (Fsp3) is 0.389. The van der Waals surface area contributed by atoms with E-state index in [0.29, 0.717) is 19.5 Å². The Labute approximate surface area is 135 Å². The third-order valence-electron chi connectivity index (χ3n) is 3.83. The number of furan rings is 1. The highest BCUT2D eigenvalue weighted by molar-refractivity contribution is 5.76. The summed E-state index contributed by atoms with van der Waals surface area (Å²) < 4.78 is 16.1. The molecule has 0 fully saturated rings. The zero-order valence-corrected chi connectivity index (χ0v) is 13.3. The van der Waals surface area contributed by atoms with Gasteiger partial charge >= 0.3 is 0 Å². The van der Waals surface area contributed by atoms with Gasteiger partial charge in [0.15, 0.2) is 11.5 Å². The Bertz CT molecular complexity index is 651. The second kappa shape index (κ2) is 7.22. The quantitative estimate of drug-likeness (QED) is 0.781. The van der Waals surface area contributed by atoms with Crippen LogP contribution in [0.2, 0.25) is 0 Å². The van der Waals surface area contributed by atoms with Gasteiger partial charge in [-0.05, 0) is 36.2 Å². The van der Waals surface area contributed by atoms with Gasteiger partial charge in [-0.25, -0.2) is 0 Å². The third-order valence-corrected chi connectivity index (χ3v) is 3.83. The molecule has 0 saturated heterocycles. The van der Waals surface area contributed by atoms with Crippen LogP contribution >= 0.6 is 0 Å². The zero-order chi connectivity index (χ0) is 16.1. The molecule has 0 unspecified atom stereocenters. The molecule has 1 aromatic heterocycles. The van der Waals surface area contributed by atoms with Gasteiger partial charge in [0.1, 0.15) is 5.76 Å². The van der Waals surface area contributed by atoms with Gasteiger partial charge in [-0.3, -0.25) is 4.79 Å². The molecular formula is C18H21NO4. The number of fused-ring (bicyclic) bond motifs is 1. The molecule has 1 aliphatic rings. The lowest BCUT2D eigenvalue weighted by atomic mass is 10.1. The van der Waals surface area contributed by atoms with Crippen LogP contribution in [0.1, 0.15) is 37.5 Å². The second-order valence-corrected chi connectivity index (χ2v) is 5.62. The first-order chi connectivity index (χ1) is 11.3. The SMILES string of the molecule is CCCCC(=O)N(Cc1ccc2c(c1)OCO2)Cc1ccco1. The Hall–Kier alpha value is -2.43. The van der Waals surface area contributed by atoms with E-state index in [-0.39, 0.29) is 12.7 Å². The summed E-state index contributed by atoms with van der Waals surface area (Å²) in [6.07, 6.45) is 4.09. The normalized spacial score (nSPS) is 12.4. The van der Waals surface area contributed by atoms with Crippen molar-refractivity contribution >= 4 is 5.91 Å². The Kier molecular flexibility index (Phi) is 4.86. The smallest absolute Gasteiger partial charge is 0.231 e. The van der Waals surface area contributed by atoms with Crippen molar-refractivity contribution in [3.8, 4) is 11.5 Å². The number of unbranched alkanes of at least 4 members (excludes halogenated alkanes) is 1. The number of nitrogens with zero attached hydrogens (tertiary/aromatic N) is 1. The molecule has 0 spiro atoms. The fourth-order valence-corrected chi connectivity index (χ4v) is 2.57. The van der Waals surface area contributed by atoms with Gasteiger partial charge in [0, 0.05) is 13.0 Å². The first kappa shape index (κ1) is 15.5. The summed E-state index contributed by atoms with van der Waals surface area (Å²) in [7, 11) is 0. The molecule has 1 amide bonds. The van der Waals surface area contributed by atoms with Crippen LogP contribution in [-0.4, -0.2) is 17.6 Å². The van der Waals surface area contributed by atoms with Crippen molar-refractivity contribution in [2.75, 3.05) is 6.79 Å². The molecule has 1 aromatic carbocycles. The Morgan fingerprint density at radius 2 is 2.04 bits per heavy atom. The van der Waals surface area contributed by atoms with E-state index in [4.69, 9.17) is 13.9 Å². The van der Waals surface area contributed by atoms with Crippen molar-refractivity contribution in [1.82, 2.24) is 4.90 Å². The maximum Gasteiger partial charge on any atom is 0.231 e. The van der Waals surface area contributed by atoms with Crippen LogP contribution in [0.15, 0.2) is 41.0 Å². The Balaban J connectivity index is 1.73.